The Balaban J connectivity index is 2.24. The van der Waals surface area contributed by atoms with Crippen LogP contribution in [0, 0.1) is 5.82 Å². The minimum absolute atomic E-state index is 0.378. The van der Waals surface area contributed by atoms with Crippen LogP contribution in [-0.2, 0) is 0 Å². The minimum Gasteiger partial charge on any atom is -0.457 e. The predicted octanol–water partition coefficient (Wildman–Crippen LogP) is 5.20. The number of benzene rings is 2. The molecule has 1 unspecified atom stereocenters. The van der Waals surface area contributed by atoms with Gasteiger partial charge in [-0.05, 0) is 52.7 Å². The number of aliphatic hydroxyl groups is 1. The van der Waals surface area contributed by atoms with Crippen molar-refractivity contribution in [1.82, 2.24) is 0 Å². The van der Waals surface area contributed by atoms with Crippen LogP contribution in [0.2, 0.25) is 0 Å². The van der Waals surface area contributed by atoms with Gasteiger partial charge in [0, 0.05) is 10.5 Å². The summed E-state index contributed by atoms with van der Waals surface area (Å²) in [7, 11) is 0. The lowest BCUT2D eigenvalue weighted by Crippen LogP contribution is -1.93. The summed E-state index contributed by atoms with van der Waals surface area (Å²) in [6.07, 6.45) is -0.562. The van der Waals surface area contributed by atoms with E-state index < -0.39 is 6.10 Å². The summed E-state index contributed by atoms with van der Waals surface area (Å²) in [6.45, 7) is 1.69. The number of ether oxygens (including phenoxy) is 1. The Morgan fingerprint density at radius 2 is 1.68 bits per heavy atom. The lowest BCUT2D eigenvalue weighted by Gasteiger charge is -2.11. The third kappa shape index (κ3) is 3.55. The van der Waals surface area contributed by atoms with Gasteiger partial charge < -0.3 is 9.84 Å². The van der Waals surface area contributed by atoms with E-state index in [1.54, 1.807) is 37.3 Å². The number of hydrogen-bond acceptors (Lipinski definition) is 2. The number of rotatable bonds is 3. The zero-order valence-corrected chi connectivity index (χ0v) is 13.2. The van der Waals surface area contributed by atoms with Gasteiger partial charge in [0.15, 0.2) is 0 Å². The van der Waals surface area contributed by atoms with Gasteiger partial charge in [0.25, 0.3) is 0 Å². The Hall–Kier alpha value is -0.910. The van der Waals surface area contributed by atoms with Crippen LogP contribution in [0.4, 0.5) is 4.39 Å². The van der Waals surface area contributed by atoms with Crippen molar-refractivity contribution in [1.29, 1.82) is 0 Å². The van der Waals surface area contributed by atoms with Crippen LogP contribution in [0.5, 0.6) is 11.5 Å². The smallest absolute Gasteiger partial charge is 0.141 e. The van der Waals surface area contributed by atoms with Crippen LogP contribution in [0.25, 0.3) is 0 Å². The Morgan fingerprint density at radius 1 is 1.05 bits per heavy atom. The molecule has 0 amide bonds. The number of aliphatic hydroxyl groups excluding tert-OH is 1. The van der Waals surface area contributed by atoms with Gasteiger partial charge in [-0.15, -0.1) is 0 Å². The molecule has 0 heterocycles. The second kappa shape index (κ2) is 6.03. The first-order valence-electron chi connectivity index (χ1n) is 5.58. The van der Waals surface area contributed by atoms with Crippen molar-refractivity contribution in [2.45, 2.75) is 13.0 Å². The molecule has 0 bridgehead atoms. The molecule has 0 aliphatic carbocycles. The fraction of sp³-hybridized carbons (Fsp3) is 0.143. The average molecular weight is 390 g/mol. The average Bonchev–Trinajstić information content (AvgIpc) is 2.33. The van der Waals surface area contributed by atoms with Gasteiger partial charge in [0.05, 0.1) is 10.6 Å². The maximum atomic E-state index is 13.4. The number of hydrogen-bond donors (Lipinski definition) is 1. The standard InChI is InChI=1S/C14H11Br2FO2/c1-8(18)11-4-2-9(6-13(11)16)19-10-3-5-12(15)14(17)7-10/h2-8,18H,1H3. The van der Waals surface area contributed by atoms with Crippen molar-refractivity contribution >= 4 is 31.9 Å². The van der Waals surface area contributed by atoms with Crippen LogP contribution in [-0.4, -0.2) is 5.11 Å². The van der Waals surface area contributed by atoms with E-state index in [0.29, 0.717) is 16.0 Å². The maximum Gasteiger partial charge on any atom is 0.141 e. The molecular formula is C14H11Br2FO2. The molecule has 5 heteroatoms. The first-order chi connectivity index (χ1) is 8.97. The molecule has 0 saturated carbocycles. The molecule has 0 radical (unpaired) electrons. The van der Waals surface area contributed by atoms with Crippen molar-refractivity contribution in [3.8, 4) is 11.5 Å². The van der Waals surface area contributed by atoms with E-state index in [-0.39, 0.29) is 5.82 Å². The molecule has 0 aliphatic heterocycles. The maximum absolute atomic E-state index is 13.4. The minimum atomic E-state index is -0.562. The molecule has 2 nitrogen and oxygen atoms in total. The van der Waals surface area contributed by atoms with Crippen LogP contribution in [0.1, 0.15) is 18.6 Å². The fourth-order valence-corrected chi connectivity index (χ4v) is 2.52. The van der Waals surface area contributed by atoms with Crippen molar-refractivity contribution in [3.63, 3.8) is 0 Å². The van der Waals surface area contributed by atoms with E-state index >= 15 is 0 Å². The van der Waals surface area contributed by atoms with Gasteiger partial charge in [0.2, 0.25) is 0 Å². The lowest BCUT2D eigenvalue weighted by molar-refractivity contribution is 0.198. The van der Waals surface area contributed by atoms with Crippen LogP contribution in [0.15, 0.2) is 45.3 Å². The quantitative estimate of drug-likeness (QED) is 0.781. The van der Waals surface area contributed by atoms with E-state index in [1.807, 2.05) is 0 Å². The Bertz CT molecular complexity index is 600. The second-order valence-corrected chi connectivity index (χ2v) is 5.75. The topological polar surface area (TPSA) is 29.5 Å². The molecule has 0 aromatic heterocycles. The monoisotopic (exact) mass is 388 g/mol. The molecule has 2 rings (SSSR count). The summed E-state index contributed by atoms with van der Waals surface area (Å²) < 4.78 is 20.1. The van der Waals surface area contributed by atoms with Crippen LogP contribution < -0.4 is 4.74 Å². The van der Waals surface area contributed by atoms with Gasteiger partial charge >= 0.3 is 0 Å². The normalized spacial score (nSPS) is 12.3. The fourth-order valence-electron chi connectivity index (χ4n) is 1.59. The summed E-state index contributed by atoms with van der Waals surface area (Å²) in [5.41, 5.74) is 0.773. The molecule has 0 spiro atoms. The van der Waals surface area contributed by atoms with Crippen LogP contribution in [0.3, 0.4) is 0 Å². The van der Waals surface area contributed by atoms with E-state index in [9.17, 15) is 9.50 Å². The molecule has 2 aromatic rings. The molecule has 0 aliphatic rings. The molecule has 0 fully saturated rings. The highest BCUT2D eigenvalue weighted by molar-refractivity contribution is 9.10. The van der Waals surface area contributed by atoms with Gasteiger partial charge in [-0.1, -0.05) is 22.0 Å². The number of halogens is 3. The summed E-state index contributed by atoms with van der Waals surface area (Å²) >= 11 is 6.45. The second-order valence-electron chi connectivity index (χ2n) is 4.04. The summed E-state index contributed by atoms with van der Waals surface area (Å²) in [6, 6.07) is 9.79. The summed E-state index contributed by atoms with van der Waals surface area (Å²) in [4.78, 5) is 0. The summed E-state index contributed by atoms with van der Waals surface area (Å²) in [5, 5.41) is 9.53. The van der Waals surface area contributed by atoms with Gasteiger partial charge in [-0.3, -0.25) is 0 Å². The molecule has 1 atom stereocenters. The zero-order valence-electron chi connectivity index (χ0n) is 10.0. The van der Waals surface area contributed by atoms with E-state index in [4.69, 9.17) is 4.74 Å². The summed E-state index contributed by atoms with van der Waals surface area (Å²) in [5.74, 6) is 0.604. The van der Waals surface area contributed by atoms with Crippen molar-refractivity contribution in [2.24, 2.45) is 0 Å². The highest BCUT2D eigenvalue weighted by Gasteiger charge is 2.08. The van der Waals surface area contributed by atoms with Crippen molar-refractivity contribution in [3.05, 3.63) is 56.7 Å². The highest BCUT2D eigenvalue weighted by atomic mass is 79.9. The highest BCUT2D eigenvalue weighted by Crippen LogP contribution is 2.31. The lowest BCUT2D eigenvalue weighted by atomic mass is 10.1. The van der Waals surface area contributed by atoms with Gasteiger partial charge in [-0.25, -0.2) is 4.39 Å². The Morgan fingerprint density at radius 3 is 2.26 bits per heavy atom. The van der Waals surface area contributed by atoms with E-state index in [2.05, 4.69) is 31.9 Å². The van der Waals surface area contributed by atoms with Gasteiger partial charge in [-0.2, -0.15) is 0 Å². The molecule has 100 valence electrons. The Labute approximate surface area is 127 Å². The zero-order chi connectivity index (χ0) is 14.0. The molecule has 1 N–H and O–H groups in total. The molecule has 0 saturated heterocycles. The first-order valence-corrected chi connectivity index (χ1v) is 7.16. The molecule has 2 aromatic carbocycles. The first kappa shape index (κ1) is 14.5. The van der Waals surface area contributed by atoms with Gasteiger partial charge in [0.1, 0.15) is 17.3 Å². The van der Waals surface area contributed by atoms with Crippen molar-refractivity contribution < 1.29 is 14.2 Å². The largest absolute Gasteiger partial charge is 0.457 e. The van der Waals surface area contributed by atoms with Crippen molar-refractivity contribution in [2.75, 3.05) is 0 Å². The van der Waals surface area contributed by atoms with Crippen LogP contribution >= 0.6 is 31.9 Å². The third-order valence-electron chi connectivity index (χ3n) is 2.55. The molecular weight excluding hydrogens is 379 g/mol. The SMILES string of the molecule is CC(O)c1ccc(Oc2ccc(Br)c(F)c2)cc1Br. The van der Waals surface area contributed by atoms with E-state index in [0.717, 1.165) is 10.0 Å². The predicted molar refractivity (Wildman–Crippen MR) is 78.9 cm³/mol. The Kier molecular flexibility index (Phi) is 4.60. The van der Waals surface area contributed by atoms with E-state index in [1.165, 1.54) is 6.07 Å². The molecule has 19 heavy (non-hydrogen) atoms. The third-order valence-corrected chi connectivity index (χ3v) is 3.88.